The second kappa shape index (κ2) is 4.18. The topological polar surface area (TPSA) is 58.2 Å². The standard InChI is InChI=1S/C9H14N2O2/c1-6(2)3-4-10-7-5-8(12)11-9(7)13/h3,7,10H,4-5H2,1-2H3,(H,11,12,13). The summed E-state index contributed by atoms with van der Waals surface area (Å²) in [5.41, 5.74) is 1.19. The lowest BCUT2D eigenvalue weighted by Crippen LogP contribution is -2.36. The molecule has 0 aromatic carbocycles. The van der Waals surface area contributed by atoms with Gasteiger partial charge in [0.05, 0.1) is 12.5 Å². The van der Waals surface area contributed by atoms with Crippen molar-refractivity contribution in [1.82, 2.24) is 10.6 Å². The maximum Gasteiger partial charge on any atom is 0.244 e. The van der Waals surface area contributed by atoms with Crippen molar-refractivity contribution in [2.45, 2.75) is 26.3 Å². The molecule has 0 radical (unpaired) electrons. The molecular formula is C9H14N2O2. The molecule has 4 heteroatoms. The highest BCUT2D eigenvalue weighted by atomic mass is 16.2. The summed E-state index contributed by atoms with van der Waals surface area (Å²) in [6.45, 7) is 4.61. The highest BCUT2D eigenvalue weighted by Gasteiger charge is 2.29. The van der Waals surface area contributed by atoms with E-state index in [-0.39, 0.29) is 24.3 Å². The van der Waals surface area contributed by atoms with Crippen LogP contribution in [-0.2, 0) is 9.59 Å². The minimum Gasteiger partial charge on any atom is -0.302 e. The fourth-order valence-electron chi connectivity index (χ4n) is 1.12. The summed E-state index contributed by atoms with van der Waals surface area (Å²) in [5.74, 6) is -0.410. The lowest BCUT2D eigenvalue weighted by molar-refractivity contribution is -0.125. The summed E-state index contributed by atoms with van der Waals surface area (Å²) in [5, 5.41) is 5.23. The molecule has 13 heavy (non-hydrogen) atoms. The Balaban J connectivity index is 2.34. The number of carbonyl (C=O) groups excluding carboxylic acids is 2. The molecule has 1 fully saturated rings. The maximum atomic E-state index is 11.0. The van der Waals surface area contributed by atoms with E-state index >= 15 is 0 Å². The Morgan fingerprint density at radius 3 is 2.77 bits per heavy atom. The number of amides is 2. The van der Waals surface area contributed by atoms with Crippen LogP contribution in [0.3, 0.4) is 0 Å². The quantitative estimate of drug-likeness (QED) is 0.475. The maximum absolute atomic E-state index is 11.0. The lowest BCUT2D eigenvalue weighted by Gasteiger charge is -2.05. The largest absolute Gasteiger partial charge is 0.302 e. The smallest absolute Gasteiger partial charge is 0.244 e. The number of hydrogen-bond acceptors (Lipinski definition) is 3. The van der Waals surface area contributed by atoms with Crippen molar-refractivity contribution in [1.29, 1.82) is 0 Å². The van der Waals surface area contributed by atoms with Crippen molar-refractivity contribution in [3.63, 3.8) is 0 Å². The van der Waals surface area contributed by atoms with Gasteiger partial charge in [-0.2, -0.15) is 0 Å². The zero-order chi connectivity index (χ0) is 9.84. The molecule has 1 saturated heterocycles. The van der Waals surface area contributed by atoms with Crippen LogP contribution in [0.15, 0.2) is 11.6 Å². The summed E-state index contributed by atoms with van der Waals surface area (Å²) in [6, 6.07) is -0.344. The van der Waals surface area contributed by atoms with Crippen LogP contribution in [0, 0.1) is 0 Å². The highest BCUT2D eigenvalue weighted by Crippen LogP contribution is 2.00. The van der Waals surface area contributed by atoms with Gasteiger partial charge in [0.2, 0.25) is 11.8 Å². The first-order chi connectivity index (χ1) is 6.09. The molecule has 0 aromatic rings. The summed E-state index contributed by atoms with van der Waals surface area (Å²) in [6.07, 6.45) is 2.24. The molecule has 1 aliphatic rings. The number of rotatable bonds is 3. The van der Waals surface area contributed by atoms with Gasteiger partial charge in [-0.1, -0.05) is 11.6 Å². The Bertz CT molecular complexity index is 254. The van der Waals surface area contributed by atoms with Gasteiger partial charge >= 0.3 is 0 Å². The number of allylic oxidation sites excluding steroid dienone is 1. The first kappa shape index (κ1) is 9.92. The average molecular weight is 182 g/mol. The molecule has 72 valence electrons. The van der Waals surface area contributed by atoms with E-state index in [9.17, 15) is 9.59 Å². The van der Waals surface area contributed by atoms with Crippen molar-refractivity contribution in [2.24, 2.45) is 0 Å². The van der Waals surface area contributed by atoms with E-state index in [1.807, 2.05) is 19.9 Å². The molecule has 1 rings (SSSR count). The SMILES string of the molecule is CC(C)=CCNC1CC(=O)NC1=O. The summed E-state index contributed by atoms with van der Waals surface area (Å²) in [4.78, 5) is 21.8. The van der Waals surface area contributed by atoms with Crippen molar-refractivity contribution in [2.75, 3.05) is 6.54 Å². The van der Waals surface area contributed by atoms with Crippen LogP contribution in [-0.4, -0.2) is 24.4 Å². The minimum absolute atomic E-state index is 0.195. The van der Waals surface area contributed by atoms with Crippen LogP contribution in [0.4, 0.5) is 0 Å². The van der Waals surface area contributed by atoms with Gasteiger partial charge < -0.3 is 5.32 Å². The van der Waals surface area contributed by atoms with Gasteiger partial charge in [-0.25, -0.2) is 0 Å². The number of nitrogens with one attached hydrogen (secondary N) is 2. The highest BCUT2D eigenvalue weighted by molar-refractivity contribution is 6.05. The Morgan fingerprint density at radius 1 is 1.62 bits per heavy atom. The van der Waals surface area contributed by atoms with E-state index in [4.69, 9.17) is 0 Å². The molecule has 2 N–H and O–H groups in total. The van der Waals surface area contributed by atoms with Gasteiger partial charge in [-0.3, -0.25) is 14.9 Å². The third-order valence-electron chi connectivity index (χ3n) is 1.84. The third kappa shape index (κ3) is 2.99. The van der Waals surface area contributed by atoms with E-state index in [1.54, 1.807) is 0 Å². The molecule has 1 aliphatic heterocycles. The Hall–Kier alpha value is -1.16. The Kier molecular flexibility index (Phi) is 3.19. The third-order valence-corrected chi connectivity index (χ3v) is 1.84. The van der Waals surface area contributed by atoms with E-state index in [1.165, 1.54) is 5.57 Å². The number of carbonyl (C=O) groups is 2. The minimum atomic E-state index is -0.344. The predicted molar refractivity (Wildman–Crippen MR) is 49.0 cm³/mol. The molecule has 0 aromatic heterocycles. The number of hydrogen-bond donors (Lipinski definition) is 2. The molecule has 1 heterocycles. The number of imide groups is 1. The van der Waals surface area contributed by atoms with Gasteiger partial charge in [0, 0.05) is 6.54 Å². The van der Waals surface area contributed by atoms with Gasteiger partial charge in [-0.15, -0.1) is 0 Å². The molecule has 0 spiro atoms. The van der Waals surface area contributed by atoms with Crippen LogP contribution >= 0.6 is 0 Å². The fraction of sp³-hybridized carbons (Fsp3) is 0.556. The molecule has 1 unspecified atom stereocenters. The molecule has 0 saturated carbocycles. The van der Waals surface area contributed by atoms with Crippen LogP contribution in [0.25, 0.3) is 0 Å². The van der Waals surface area contributed by atoms with Crippen LogP contribution in [0.5, 0.6) is 0 Å². The molecule has 0 aliphatic carbocycles. The molecule has 0 bridgehead atoms. The fourth-order valence-corrected chi connectivity index (χ4v) is 1.12. The van der Waals surface area contributed by atoms with Crippen molar-refractivity contribution >= 4 is 11.8 Å². The van der Waals surface area contributed by atoms with Gasteiger partial charge in [0.25, 0.3) is 0 Å². The molecule has 1 atom stereocenters. The van der Waals surface area contributed by atoms with E-state index in [2.05, 4.69) is 10.6 Å². The van der Waals surface area contributed by atoms with E-state index < -0.39 is 0 Å². The van der Waals surface area contributed by atoms with Crippen LogP contribution < -0.4 is 10.6 Å². The zero-order valence-corrected chi connectivity index (χ0v) is 7.89. The van der Waals surface area contributed by atoms with E-state index in [0.717, 1.165) is 0 Å². The van der Waals surface area contributed by atoms with Crippen molar-refractivity contribution in [3.8, 4) is 0 Å². The van der Waals surface area contributed by atoms with Crippen LogP contribution in [0.2, 0.25) is 0 Å². The summed E-state index contributed by atoms with van der Waals surface area (Å²) < 4.78 is 0. The molecular weight excluding hydrogens is 168 g/mol. The molecule has 4 nitrogen and oxygen atoms in total. The summed E-state index contributed by atoms with van der Waals surface area (Å²) in [7, 11) is 0. The van der Waals surface area contributed by atoms with E-state index in [0.29, 0.717) is 6.54 Å². The monoisotopic (exact) mass is 182 g/mol. The van der Waals surface area contributed by atoms with Gasteiger partial charge in [-0.05, 0) is 13.8 Å². The second-order valence-corrected chi connectivity index (χ2v) is 3.36. The van der Waals surface area contributed by atoms with Crippen LogP contribution in [0.1, 0.15) is 20.3 Å². The van der Waals surface area contributed by atoms with Gasteiger partial charge in [0.1, 0.15) is 0 Å². The van der Waals surface area contributed by atoms with Crippen molar-refractivity contribution in [3.05, 3.63) is 11.6 Å². The Labute approximate surface area is 77.4 Å². The lowest BCUT2D eigenvalue weighted by atomic mass is 10.2. The zero-order valence-electron chi connectivity index (χ0n) is 7.89. The summed E-state index contributed by atoms with van der Waals surface area (Å²) >= 11 is 0. The van der Waals surface area contributed by atoms with Gasteiger partial charge in [0.15, 0.2) is 0 Å². The first-order valence-electron chi connectivity index (χ1n) is 4.30. The Morgan fingerprint density at radius 2 is 2.31 bits per heavy atom. The second-order valence-electron chi connectivity index (χ2n) is 3.36. The molecule has 2 amide bonds. The average Bonchev–Trinajstić information content (AvgIpc) is 2.29. The predicted octanol–water partition coefficient (Wildman–Crippen LogP) is -0.0427. The normalized spacial score (nSPS) is 21.5. The first-order valence-corrected chi connectivity index (χ1v) is 4.30. The van der Waals surface area contributed by atoms with Crippen molar-refractivity contribution < 1.29 is 9.59 Å².